The highest BCUT2D eigenvalue weighted by Crippen LogP contribution is 2.16. The molecule has 6 heteroatoms. The zero-order valence-corrected chi connectivity index (χ0v) is 11.2. The number of aliphatic carboxylic acids is 1. The van der Waals surface area contributed by atoms with E-state index in [9.17, 15) is 4.79 Å². The van der Waals surface area contributed by atoms with Crippen molar-refractivity contribution in [3.05, 3.63) is 36.3 Å². The number of hydrogen-bond donors (Lipinski definition) is 2. The molecule has 0 aromatic carbocycles. The van der Waals surface area contributed by atoms with Gasteiger partial charge in [0.05, 0.1) is 0 Å². The minimum absolute atomic E-state index is 0.145. The molecule has 20 heavy (non-hydrogen) atoms. The Morgan fingerprint density at radius 2 is 2.25 bits per heavy atom. The number of carbonyl (C=O) groups is 1. The molecule has 0 fully saturated rings. The van der Waals surface area contributed by atoms with Gasteiger partial charge >= 0.3 is 5.97 Å². The van der Waals surface area contributed by atoms with Crippen molar-refractivity contribution in [1.82, 2.24) is 15.0 Å². The molecule has 2 rings (SSSR count). The summed E-state index contributed by atoms with van der Waals surface area (Å²) < 4.78 is 0. The molecular formula is C14H16N4O2. The van der Waals surface area contributed by atoms with Crippen LogP contribution < -0.4 is 5.32 Å². The molecule has 0 atom stereocenters. The van der Waals surface area contributed by atoms with Crippen LogP contribution in [0, 0.1) is 6.92 Å². The maximum Gasteiger partial charge on any atom is 0.303 e. The SMILES string of the molecule is Cc1cc(NCCCC(=O)O)nc(-c2cccnc2)n1. The summed E-state index contributed by atoms with van der Waals surface area (Å²) in [6.45, 7) is 2.46. The number of nitrogens with one attached hydrogen (secondary N) is 1. The number of nitrogens with zero attached hydrogens (tertiary/aromatic N) is 3. The zero-order valence-electron chi connectivity index (χ0n) is 11.2. The van der Waals surface area contributed by atoms with Gasteiger partial charge in [-0.25, -0.2) is 9.97 Å². The van der Waals surface area contributed by atoms with Crippen LogP contribution in [0.2, 0.25) is 0 Å². The number of aryl methyl sites for hydroxylation is 1. The predicted molar refractivity (Wildman–Crippen MR) is 75.4 cm³/mol. The number of carboxylic acids is 1. The first-order valence-electron chi connectivity index (χ1n) is 6.37. The third-order valence-electron chi connectivity index (χ3n) is 2.65. The quantitative estimate of drug-likeness (QED) is 0.783. The Balaban J connectivity index is 2.07. The van der Waals surface area contributed by atoms with Crippen molar-refractivity contribution in [3.63, 3.8) is 0 Å². The average molecular weight is 272 g/mol. The molecule has 0 bridgehead atoms. The number of pyridine rings is 1. The van der Waals surface area contributed by atoms with E-state index < -0.39 is 5.97 Å². The molecule has 2 heterocycles. The van der Waals surface area contributed by atoms with Crippen molar-refractivity contribution in [2.75, 3.05) is 11.9 Å². The molecule has 0 radical (unpaired) electrons. The van der Waals surface area contributed by atoms with E-state index in [1.807, 2.05) is 25.1 Å². The van der Waals surface area contributed by atoms with Crippen LogP contribution in [-0.4, -0.2) is 32.6 Å². The summed E-state index contributed by atoms with van der Waals surface area (Å²) in [4.78, 5) is 23.3. The summed E-state index contributed by atoms with van der Waals surface area (Å²) >= 11 is 0. The van der Waals surface area contributed by atoms with Crippen LogP contribution in [0.5, 0.6) is 0 Å². The van der Waals surface area contributed by atoms with E-state index in [1.54, 1.807) is 12.4 Å². The van der Waals surface area contributed by atoms with Crippen LogP contribution in [0.25, 0.3) is 11.4 Å². The van der Waals surface area contributed by atoms with Crippen LogP contribution in [0.1, 0.15) is 18.5 Å². The Labute approximate surface area is 116 Å². The first-order valence-corrected chi connectivity index (χ1v) is 6.37. The van der Waals surface area contributed by atoms with Gasteiger partial charge in [0.25, 0.3) is 0 Å². The summed E-state index contributed by atoms with van der Waals surface area (Å²) in [5.41, 5.74) is 1.70. The second-order valence-electron chi connectivity index (χ2n) is 4.38. The van der Waals surface area contributed by atoms with Crippen molar-refractivity contribution < 1.29 is 9.90 Å². The topological polar surface area (TPSA) is 88.0 Å². The molecule has 0 spiro atoms. The minimum atomic E-state index is -0.790. The minimum Gasteiger partial charge on any atom is -0.481 e. The molecule has 0 aliphatic rings. The maximum atomic E-state index is 10.4. The molecule has 0 saturated heterocycles. The Bertz CT molecular complexity index is 587. The number of hydrogen-bond acceptors (Lipinski definition) is 5. The standard InChI is InChI=1S/C14H16N4O2/c1-10-8-12(16-7-3-5-13(19)20)18-14(17-10)11-4-2-6-15-9-11/h2,4,6,8-9H,3,5,7H2,1H3,(H,19,20)(H,16,17,18). The second kappa shape index (κ2) is 6.60. The highest BCUT2D eigenvalue weighted by molar-refractivity contribution is 5.66. The van der Waals surface area contributed by atoms with Gasteiger partial charge in [0.2, 0.25) is 0 Å². The molecular weight excluding hydrogens is 256 g/mol. The molecule has 0 aliphatic carbocycles. The zero-order chi connectivity index (χ0) is 14.4. The molecule has 6 nitrogen and oxygen atoms in total. The summed E-state index contributed by atoms with van der Waals surface area (Å²) in [5.74, 6) is 0.516. The van der Waals surface area contributed by atoms with E-state index in [2.05, 4.69) is 20.3 Å². The van der Waals surface area contributed by atoms with E-state index in [1.165, 1.54) is 0 Å². The molecule has 0 amide bonds. The molecule has 0 unspecified atom stereocenters. The molecule has 2 N–H and O–H groups in total. The normalized spacial score (nSPS) is 10.2. The van der Waals surface area contributed by atoms with Crippen LogP contribution >= 0.6 is 0 Å². The molecule has 0 saturated carbocycles. The third kappa shape index (κ3) is 4.01. The van der Waals surface area contributed by atoms with Gasteiger partial charge < -0.3 is 10.4 Å². The largest absolute Gasteiger partial charge is 0.481 e. The van der Waals surface area contributed by atoms with Crippen LogP contribution in [-0.2, 0) is 4.79 Å². The van der Waals surface area contributed by atoms with Crippen molar-refractivity contribution in [3.8, 4) is 11.4 Å². The van der Waals surface area contributed by atoms with Gasteiger partial charge in [0.1, 0.15) is 5.82 Å². The number of aromatic nitrogens is 3. The van der Waals surface area contributed by atoms with Gasteiger partial charge in [0.15, 0.2) is 5.82 Å². The summed E-state index contributed by atoms with van der Waals surface area (Å²) in [6, 6.07) is 5.57. The fraction of sp³-hybridized carbons (Fsp3) is 0.286. The Morgan fingerprint density at radius 3 is 2.95 bits per heavy atom. The van der Waals surface area contributed by atoms with Gasteiger partial charge in [0, 0.05) is 42.7 Å². The van der Waals surface area contributed by atoms with Gasteiger partial charge in [-0.2, -0.15) is 0 Å². The van der Waals surface area contributed by atoms with E-state index in [0.717, 1.165) is 11.3 Å². The lowest BCUT2D eigenvalue weighted by Crippen LogP contribution is -2.07. The molecule has 104 valence electrons. The lowest BCUT2D eigenvalue weighted by Gasteiger charge is -2.08. The number of carboxylic acid groups (broad SMARTS) is 1. The van der Waals surface area contributed by atoms with E-state index in [4.69, 9.17) is 5.11 Å². The molecule has 2 aromatic heterocycles. The van der Waals surface area contributed by atoms with Crippen molar-refractivity contribution in [2.24, 2.45) is 0 Å². The first-order chi connectivity index (χ1) is 9.65. The van der Waals surface area contributed by atoms with Gasteiger partial charge in [-0.05, 0) is 25.5 Å². The van der Waals surface area contributed by atoms with Crippen molar-refractivity contribution in [1.29, 1.82) is 0 Å². The van der Waals surface area contributed by atoms with Crippen molar-refractivity contribution >= 4 is 11.8 Å². The number of rotatable bonds is 6. The highest BCUT2D eigenvalue weighted by Gasteiger charge is 2.05. The Morgan fingerprint density at radius 1 is 1.40 bits per heavy atom. The third-order valence-corrected chi connectivity index (χ3v) is 2.65. The van der Waals surface area contributed by atoms with E-state index in [-0.39, 0.29) is 6.42 Å². The summed E-state index contributed by atoms with van der Waals surface area (Å²) in [7, 11) is 0. The molecule has 0 aliphatic heterocycles. The van der Waals surface area contributed by atoms with Crippen LogP contribution in [0.15, 0.2) is 30.6 Å². The molecule has 2 aromatic rings. The smallest absolute Gasteiger partial charge is 0.303 e. The van der Waals surface area contributed by atoms with E-state index in [0.29, 0.717) is 24.6 Å². The average Bonchev–Trinajstić information content (AvgIpc) is 2.44. The first kappa shape index (κ1) is 13.9. The lowest BCUT2D eigenvalue weighted by atomic mass is 10.2. The fourth-order valence-corrected chi connectivity index (χ4v) is 1.74. The summed E-state index contributed by atoms with van der Waals surface area (Å²) in [5, 5.41) is 11.7. The lowest BCUT2D eigenvalue weighted by molar-refractivity contribution is -0.137. The van der Waals surface area contributed by atoms with E-state index >= 15 is 0 Å². The second-order valence-corrected chi connectivity index (χ2v) is 4.38. The van der Waals surface area contributed by atoms with Gasteiger partial charge in [-0.3, -0.25) is 9.78 Å². The monoisotopic (exact) mass is 272 g/mol. The maximum absolute atomic E-state index is 10.4. The Hall–Kier alpha value is -2.50. The van der Waals surface area contributed by atoms with Crippen LogP contribution in [0.4, 0.5) is 5.82 Å². The highest BCUT2D eigenvalue weighted by atomic mass is 16.4. The van der Waals surface area contributed by atoms with Gasteiger partial charge in [-0.15, -0.1) is 0 Å². The fourth-order valence-electron chi connectivity index (χ4n) is 1.74. The van der Waals surface area contributed by atoms with Crippen molar-refractivity contribution in [2.45, 2.75) is 19.8 Å². The van der Waals surface area contributed by atoms with Crippen LogP contribution in [0.3, 0.4) is 0 Å². The summed E-state index contributed by atoms with van der Waals surface area (Å²) in [6.07, 6.45) is 4.11. The predicted octanol–water partition coefficient (Wildman–Crippen LogP) is 2.12. The number of anilines is 1. The Kier molecular flexibility index (Phi) is 4.60. The van der Waals surface area contributed by atoms with Gasteiger partial charge in [-0.1, -0.05) is 0 Å².